The SMILES string of the molecule is C[C@@H](Oc1ccc(C#N)cc1)C(=O)OCc1ccc(Cl)cc1. The van der Waals surface area contributed by atoms with Crippen LogP contribution in [-0.4, -0.2) is 12.1 Å². The van der Waals surface area contributed by atoms with Crippen molar-refractivity contribution in [1.29, 1.82) is 5.26 Å². The molecule has 2 rings (SSSR count). The first kappa shape index (κ1) is 15.9. The lowest BCUT2D eigenvalue weighted by Crippen LogP contribution is -2.26. The van der Waals surface area contributed by atoms with Crippen LogP contribution in [0, 0.1) is 11.3 Å². The fraction of sp³-hybridized carbons (Fsp3) is 0.176. The maximum absolute atomic E-state index is 11.9. The van der Waals surface area contributed by atoms with Crippen LogP contribution in [0.5, 0.6) is 5.75 Å². The fourth-order valence-corrected chi connectivity index (χ4v) is 1.84. The van der Waals surface area contributed by atoms with Gasteiger partial charge in [-0.1, -0.05) is 23.7 Å². The molecule has 2 aromatic rings. The molecule has 0 heterocycles. The molecule has 0 aromatic heterocycles. The summed E-state index contributed by atoms with van der Waals surface area (Å²) in [5, 5.41) is 9.35. The van der Waals surface area contributed by atoms with Crippen molar-refractivity contribution in [3.05, 3.63) is 64.7 Å². The average molecular weight is 316 g/mol. The van der Waals surface area contributed by atoms with Gasteiger partial charge in [-0.2, -0.15) is 5.26 Å². The van der Waals surface area contributed by atoms with Crippen LogP contribution >= 0.6 is 11.6 Å². The molecule has 0 bridgehead atoms. The summed E-state index contributed by atoms with van der Waals surface area (Å²) in [7, 11) is 0. The number of hydrogen-bond acceptors (Lipinski definition) is 4. The van der Waals surface area contributed by atoms with Crippen molar-refractivity contribution < 1.29 is 14.3 Å². The van der Waals surface area contributed by atoms with Crippen molar-refractivity contribution in [2.75, 3.05) is 0 Å². The molecule has 112 valence electrons. The van der Waals surface area contributed by atoms with Crippen LogP contribution in [0.3, 0.4) is 0 Å². The summed E-state index contributed by atoms with van der Waals surface area (Å²) >= 11 is 5.79. The summed E-state index contributed by atoms with van der Waals surface area (Å²) in [6.45, 7) is 1.78. The molecule has 2 aromatic carbocycles. The molecule has 0 N–H and O–H groups in total. The van der Waals surface area contributed by atoms with Crippen LogP contribution in [0.1, 0.15) is 18.1 Å². The first-order chi connectivity index (χ1) is 10.6. The maximum Gasteiger partial charge on any atom is 0.347 e. The molecule has 0 radical (unpaired) electrons. The van der Waals surface area contributed by atoms with E-state index in [0.717, 1.165) is 5.56 Å². The third-order valence-electron chi connectivity index (χ3n) is 2.92. The van der Waals surface area contributed by atoms with E-state index in [-0.39, 0.29) is 6.61 Å². The van der Waals surface area contributed by atoms with Crippen molar-refractivity contribution in [3.8, 4) is 11.8 Å². The average Bonchev–Trinajstić information content (AvgIpc) is 2.54. The van der Waals surface area contributed by atoms with Crippen LogP contribution < -0.4 is 4.74 Å². The lowest BCUT2D eigenvalue weighted by molar-refractivity contribution is -0.152. The number of halogens is 1. The zero-order chi connectivity index (χ0) is 15.9. The second-order valence-corrected chi connectivity index (χ2v) is 5.07. The van der Waals surface area contributed by atoms with Gasteiger partial charge in [0.05, 0.1) is 11.6 Å². The van der Waals surface area contributed by atoms with Gasteiger partial charge in [-0.15, -0.1) is 0 Å². The molecule has 4 nitrogen and oxygen atoms in total. The highest BCUT2D eigenvalue weighted by atomic mass is 35.5. The van der Waals surface area contributed by atoms with Crippen LogP contribution in [0.4, 0.5) is 0 Å². The van der Waals surface area contributed by atoms with Gasteiger partial charge in [0, 0.05) is 5.02 Å². The highest BCUT2D eigenvalue weighted by Gasteiger charge is 2.16. The Kier molecular flexibility index (Phi) is 5.40. The van der Waals surface area contributed by atoms with Crippen LogP contribution in [-0.2, 0) is 16.1 Å². The minimum Gasteiger partial charge on any atom is -0.479 e. The molecule has 0 fully saturated rings. The molecule has 22 heavy (non-hydrogen) atoms. The third-order valence-corrected chi connectivity index (χ3v) is 3.17. The van der Waals surface area contributed by atoms with Crippen molar-refractivity contribution in [3.63, 3.8) is 0 Å². The Morgan fingerprint density at radius 2 is 1.82 bits per heavy atom. The number of carbonyl (C=O) groups is 1. The second-order valence-electron chi connectivity index (χ2n) is 4.63. The summed E-state index contributed by atoms with van der Waals surface area (Å²) in [5.41, 5.74) is 1.38. The van der Waals surface area contributed by atoms with E-state index in [1.54, 1.807) is 55.5 Å². The van der Waals surface area contributed by atoms with E-state index in [2.05, 4.69) is 0 Å². The van der Waals surface area contributed by atoms with Gasteiger partial charge in [0.15, 0.2) is 6.10 Å². The quantitative estimate of drug-likeness (QED) is 0.789. The van der Waals surface area contributed by atoms with Gasteiger partial charge in [0.1, 0.15) is 12.4 Å². The van der Waals surface area contributed by atoms with Crippen molar-refractivity contribution in [2.45, 2.75) is 19.6 Å². The van der Waals surface area contributed by atoms with E-state index >= 15 is 0 Å². The normalized spacial score (nSPS) is 11.3. The molecule has 0 aliphatic carbocycles. The standard InChI is InChI=1S/C17H14ClNO3/c1-12(22-16-8-4-13(10-19)5-9-16)17(20)21-11-14-2-6-15(18)7-3-14/h2-9,12H,11H2,1H3/t12-/m1/s1. The molecular formula is C17H14ClNO3. The Bertz CT molecular complexity index is 675. The van der Waals surface area contributed by atoms with Gasteiger partial charge >= 0.3 is 5.97 Å². The number of esters is 1. The highest BCUT2D eigenvalue weighted by Crippen LogP contribution is 2.15. The van der Waals surface area contributed by atoms with E-state index in [1.807, 2.05) is 6.07 Å². The number of nitriles is 1. The van der Waals surface area contributed by atoms with Crippen molar-refractivity contribution >= 4 is 17.6 Å². The minimum atomic E-state index is -0.736. The molecule has 0 saturated heterocycles. The number of nitrogens with zero attached hydrogens (tertiary/aromatic N) is 1. The Morgan fingerprint density at radius 3 is 2.41 bits per heavy atom. The molecule has 0 amide bonds. The minimum absolute atomic E-state index is 0.164. The molecule has 0 aliphatic heterocycles. The zero-order valence-corrected chi connectivity index (χ0v) is 12.7. The summed E-state index contributed by atoms with van der Waals surface area (Å²) in [6, 6.07) is 15.6. The summed E-state index contributed by atoms with van der Waals surface area (Å²) in [5.74, 6) is 0.0502. The topological polar surface area (TPSA) is 59.3 Å². The second kappa shape index (κ2) is 7.48. The first-order valence-corrected chi connectivity index (χ1v) is 7.04. The molecule has 0 spiro atoms. The molecule has 0 saturated carbocycles. The smallest absolute Gasteiger partial charge is 0.347 e. The van der Waals surface area contributed by atoms with E-state index in [9.17, 15) is 4.79 Å². The van der Waals surface area contributed by atoms with Gasteiger partial charge in [-0.25, -0.2) is 4.79 Å². The highest BCUT2D eigenvalue weighted by molar-refractivity contribution is 6.30. The Labute approximate surface area is 133 Å². The maximum atomic E-state index is 11.9. The molecule has 0 unspecified atom stereocenters. The van der Waals surface area contributed by atoms with Crippen LogP contribution in [0.2, 0.25) is 5.02 Å². The summed E-state index contributed by atoms with van der Waals surface area (Å²) in [6.07, 6.45) is -0.736. The zero-order valence-electron chi connectivity index (χ0n) is 12.0. The number of ether oxygens (including phenoxy) is 2. The van der Waals surface area contributed by atoms with Gasteiger partial charge < -0.3 is 9.47 Å². The predicted molar refractivity (Wildman–Crippen MR) is 82.5 cm³/mol. The predicted octanol–water partition coefficient (Wildman–Crippen LogP) is 3.72. The van der Waals surface area contributed by atoms with E-state index in [4.69, 9.17) is 26.3 Å². The third kappa shape index (κ3) is 4.51. The van der Waals surface area contributed by atoms with Crippen LogP contribution in [0.15, 0.2) is 48.5 Å². The molecule has 1 atom stereocenters. The Hall–Kier alpha value is -2.51. The van der Waals surface area contributed by atoms with Gasteiger partial charge in [-0.3, -0.25) is 0 Å². The Morgan fingerprint density at radius 1 is 1.18 bits per heavy atom. The van der Waals surface area contributed by atoms with Gasteiger partial charge in [-0.05, 0) is 48.9 Å². The largest absolute Gasteiger partial charge is 0.479 e. The fourth-order valence-electron chi connectivity index (χ4n) is 1.71. The molecule has 0 aliphatic rings. The number of benzene rings is 2. The van der Waals surface area contributed by atoms with E-state index < -0.39 is 12.1 Å². The number of rotatable bonds is 5. The first-order valence-electron chi connectivity index (χ1n) is 6.66. The van der Waals surface area contributed by atoms with Crippen molar-refractivity contribution in [2.24, 2.45) is 0 Å². The number of carbonyl (C=O) groups excluding carboxylic acids is 1. The van der Waals surface area contributed by atoms with Crippen molar-refractivity contribution in [1.82, 2.24) is 0 Å². The monoisotopic (exact) mass is 315 g/mol. The van der Waals surface area contributed by atoms with Gasteiger partial charge in [0.2, 0.25) is 0 Å². The lowest BCUT2D eigenvalue weighted by atomic mass is 10.2. The lowest BCUT2D eigenvalue weighted by Gasteiger charge is -2.14. The van der Waals surface area contributed by atoms with E-state index in [0.29, 0.717) is 16.3 Å². The summed E-state index contributed by atoms with van der Waals surface area (Å²) in [4.78, 5) is 11.9. The van der Waals surface area contributed by atoms with Gasteiger partial charge in [0.25, 0.3) is 0 Å². The molecule has 5 heteroatoms. The molecular weight excluding hydrogens is 302 g/mol. The Balaban J connectivity index is 1.86. The van der Waals surface area contributed by atoms with Crippen LogP contribution in [0.25, 0.3) is 0 Å². The van der Waals surface area contributed by atoms with E-state index in [1.165, 1.54) is 0 Å². The number of hydrogen-bond donors (Lipinski definition) is 0. The summed E-state index contributed by atoms with van der Waals surface area (Å²) < 4.78 is 10.7.